The number of nitrogens with two attached hydrogens (primary N) is 1. The number of rotatable bonds is 6. The predicted octanol–water partition coefficient (Wildman–Crippen LogP) is 2.37. The fourth-order valence-corrected chi connectivity index (χ4v) is 4.17. The first-order valence-electron chi connectivity index (χ1n) is 11.6. The molecule has 186 valence electrons. The van der Waals surface area contributed by atoms with E-state index >= 15 is 0 Å². The van der Waals surface area contributed by atoms with Crippen LogP contribution in [-0.4, -0.2) is 54.6 Å². The second-order valence-corrected chi connectivity index (χ2v) is 9.09. The van der Waals surface area contributed by atoms with Gasteiger partial charge in [-0.1, -0.05) is 11.8 Å². The molecule has 0 bridgehead atoms. The Balaban J connectivity index is 1.72. The number of fused-ring (bicyclic) bond motifs is 1. The number of halogens is 2. The van der Waals surface area contributed by atoms with E-state index in [4.69, 9.17) is 15.2 Å². The first kappa shape index (κ1) is 24.7. The molecule has 1 aromatic heterocycles. The second kappa shape index (κ2) is 10.0. The van der Waals surface area contributed by atoms with Crippen molar-refractivity contribution >= 4 is 22.6 Å². The van der Waals surface area contributed by atoms with Gasteiger partial charge in [0.2, 0.25) is 5.88 Å². The zero-order chi connectivity index (χ0) is 25.2. The van der Waals surface area contributed by atoms with Gasteiger partial charge < -0.3 is 25.8 Å². The molecule has 2 aromatic rings. The van der Waals surface area contributed by atoms with Crippen LogP contribution in [0.3, 0.4) is 0 Å². The van der Waals surface area contributed by atoms with Crippen LogP contribution in [0.5, 0.6) is 11.6 Å². The summed E-state index contributed by atoms with van der Waals surface area (Å²) in [5.74, 6) is 1.73. The normalized spacial score (nSPS) is 19.8. The Morgan fingerprint density at radius 3 is 2.66 bits per heavy atom. The Kier molecular flexibility index (Phi) is 7.08. The van der Waals surface area contributed by atoms with Crippen LogP contribution < -0.4 is 25.8 Å². The molecular weight excluding hydrogens is 458 g/mol. The van der Waals surface area contributed by atoms with Crippen molar-refractivity contribution in [1.82, 2.24) is 15.6 Å². The van der Waals surface area contributed by atoms with Gasteiger partial charge in [-0.05, 0) is 51.9 Å². The van der Waals surface area contributed by atoms with Crippen LogP contribution >= 0.6 is 0 Å². The maximum absolute atomic E-state index is 13.6. The fraction of sp³-hybridized carbons (Fsp3) is 0.480. The number of alkyl halides is 2. The Morgan fingerprint density at radius 1 is 1.29 bits per heavy atom. The summed E-state index contributed by atoms with van der Waals surface area (Å²) >= 11 is 0. The summed E-state index contributed by atoms with van der Waals surface area (Å²) < 4.78 is 38.7. The number of amides is 2. The number of nitrogens with zero attached hydrogens (tertiary/aromatic N) is 1. The fourth-order valence-electron chi connectivity index (χ4n) is 4.17. The number of pyridine rings is 1. The van der Waals surface area contributed by atoms with Gasteiger partial charge in [0.05, 0.1) is 23.3 Å². The standard InChI is InChI=1S/C25H28F2N4O4/c1-14(2)35-21-10-19-18(9-20(21)22(28)32)16(4-3-15-5-7-29-8-6-15)12-30-23(19)34-13-17-11-25(26,27)24(33)31-17/h9-10,12,14-15,17,29H,5-8,11,13H2,1-2H3,(H2,28,32)(H,31,33)/t17-/m0/s1. The monoisotopic (exact) mass is 486 g/mol. The highest BCUT2D eigenvalue weighted by atomic mass is 19.3. The minimum atomic E-state index is -3.42. The van der Waals surface area contributed by atoms with E-state index in [0.29, 0.717) is 16.3 Å². The highest BCUT2D eigenvalue weighted by molar-refractivity contribution is 6.03. The SMILES string of the molecule is CC(C)Oc1cc2c(OC[C@@H]3CC(F)(F)C(=O)N3)ncc(C#CC3CCNCC3)c2cc1C(N)=O. The number of primary amides is 1. The van der Waals surface area contributed by atoms with E-state index in [1.54, 1.807) is 12.1 Å². The third kappa shape index (κ3) is 5.62. The molecule has 4 rings (SSSR count). The molecule has 0 radical (unpaired) electrons. The van der Waals surface area contributed by atoms with Crippen molar-refractivity contribution < 1.29 is 27.8 Å². The predicted molar refractivity (Wildman–Crippen MR) is 125 cm³/mol. The Bertz CT molecular complexity index is 1200. The van der Waals surface area contributed by atoms with Gasteiger partial charge in [-0.3, -0.25) is 9.59 Å². The minimum Gasteiger partial charge on any atom is -0.490 e. The molecule has 2 amide bonds. The van der Waals surface area contributed by atoms with Gasteiger partial charge in [0.1, 0.15) is 12.4 Å². The molecule has 10 heteroatoms. The van der Waals surface area contributed by atoms with Gasteiger partial charge in [-0.25, -0.2) is 4.98 Å². The van der Waals surface area contributed by atoms with Gasteiger partial charge in [0, 0.05) is 29.3 Å². The Morgan fingerprint density at radius 2 is 2.03 bits per heavy atom. The third-order valence-electron chi connectivity index (χ3n) is 5.92. The molecular formula is C25H28F2N4O4. The number of carbonyl (C=O) groups is 2. The molecule has 2 aliphatic rings. The first-order valence-corrected chi connectivity index (χ1v) is 11.6. The maximum Gasteiger partial charge on any atom is 0.326 e. The summed E-state index contributed by atoms with van der Waals surface area (Å²) in [4.78, 5) is 28.0. The molecule has 0 aliphatic carbocycles. The Hall–Kier alpha value is -3.45. The molecule has 8 nitrogen and oxygen atoms in total. The van der Waals surface area contributed by atoms with Crippen molar-refractivity contribution in [2.75, 3.05) is 19.7 Å². The molecule has 1 aromatic carbocycles. The van der Waals surface area contributed by atoms with Crippen LogP contribution in [-0.2, 0) is 4.79 Å². The zero-order valence-electron chi connectivity index (χ0n) is 19.6. The number of benzene rings is 1. The second-order valence-electron chi connectivity index (χ2n) is 9.09. The largest absolute Gasteiger partial charge is 0.490 e. The number of carbonyl (C=O) groups excluding carboxylic acids is 2. The minimum absolute atomic E-state index is 0.154. The molecule has 2 aliphatic heterocycles. The van der Waals surface area contributed by atoms with Crippen LogP contribution in [0.15, 0.2) is 18.3 Å². The molecule has 2 saturated heterocycles. The highest BCUT2D eigenvalue weighted by Gasteiger charge is 2.48. The van der Waals surface area contributed by atoms with Crippen molar-refractivity contribution in [2.24, 2.45) is 11.7 Å². The summed E-state index contributed by atoms with van der Waals surface area (Å²) in [7, 11) is 0. The van der Waals surface area contributed by atoms with Crippen molar-refractivity contribution in [3.8, 4) is 23.5 Å². The van der Waals surface area contributed by atoms with Crippen LogP contribution in [0, 0.1) is 17.8 Å². The van der Waals surface area contributed by atoms with E-state index in [-0.39, 0.29) is 35.8 Å². The van der Waals surface area contributed by atoms with E-state index in [9.17, 15) is 18.4 Å². The molecule has 4 N–H and O–H groups in total. The summed E-state index contributed by atoms with van der Waals surface area (Å²) in [5.41, 5.74) is 6.40. The van der Waals surface area contributed by atoms with Crippen molar-refractivity contribution in [3.63, 3.8) is 0 Å². The number of hydrogen-bond acceptors (Lipinski definition) is 6. The van der Waals surface area contributed by atoms with E-state index in [0.717, 1.165) is 25.9 Å². The molecule has 2 fully saturated rings. The average Bonchev–Trinajstić information content (AvgIpc) is 3.07. The van der Waals surface area contributed by atoms with E-state index < -0.39 is 30.2 Å². The lowest BCUT2D eigenvalue weighted by atomic mass is 9.97. The summed E-state index contributed by atoms with van der Waals surface area (Å²) in [6.07, 6.45) is 2.52. The van der Waals surface area contributed by atoms with E-state index in [1.807, 2.05) is 13.8 Å². The molecule has 0 saturated carbocycles. The van der Waals surface area contributed by atoms with Gasteiger partial charge in [-0.2, -0.15) is 8.78 Å². The average molecular weight is 487 g/mol. The van der Waals surface area contributed by atoms with Crippen LogP contribution in [0.4, 0.5) is 8.78 Å². The van der Waals surface area contributed by atoms with E-state index in [1.165, 1.54) is 6.20 Å². The maximum atomic E-state index is 13.6. The van der Waals surface area contributed by atoms with Crippen LogP contribution in [0.2, 0.25) is 0 Å². The van der Waals surface area contributed by atoms with E-state index in [2.05, 4.69) is 27.5 Å². The molecule has 0 spiro atoms. The summed E-state index contributed by atoms with van der Waals surface area (Å²) in [5, 5.41) is 6.62. The van der Waals surface area contributed by atoms with Crippen molar-refractivity contribution in [2.45, 2.75) is 51.2 Å². The number of hydrogen-bond donors (Lipinski definition) is 3. The summed E-state index contributed by atoms with van der Waals surface area (Å²) in [6, 6.07) is 2.35. The first-order chi connectivity index (χ1) is 16.6. The molecule has 35 heavy (non-hydrogen) atoms. The lowest BCUT2D eigenvalue weighted by Gasteiger charge is -2.18. The molecule has 0 unspecified atom stereocenters. The number of nitrogens with one attached hydrogen (secondary N) is 2. The van der Waals surface area contributed by atoms with Crippen LogP contribution in [0.1, 0.15) is 49.0 Å². The highest BCUT2D eigenvalue weighted by Crippen LogP contribution is 2.34. The number of aromatic nitrogens is 1. The topological polar surface area (TPSA) is 116 Å². The zero-order valence-corrected chi connectivity index (χ0v) is 19.6. The Labute approximate surface area is 201 Å². The third-order valence-corrected chi connectivity index (χ3v) is 5.92. The van der Waals surface area contributed by atoms with Gasteiger partial charge >= 0.3 is 5.92 Å². The smallest absolute Gasteiger partial charge is 0.326 e. The molecule has 3 heterocycles. The van der Waals surface area contributed by atoms with Gasteiger partial charge in [0.15, 0.2) is 0 Å². The van der Waals surface area contributed by atoms with Gasteiger partial charge in [-0.15, -0.1) is 0 Å². The number of ether oxygens (including phenoxy) is 2. The van der Waals surface area contributed by atoms with Crippen molar-refractivity contribution in [3.05, 3.63) is 29.5 Å². The lowest BCUT2D eigenvalue weighted by Crippen LogP contribution is -2.33. The van der Waals surface area contributed by atoms with Gasteiger partial charge in [0.25, 0.3) is 11.8 Å². The van der Waals surface area contributed by atoms with Crippen molar-refractivity contribution in [1.29, 1.82) is 0 Å². The quantitative estimate of drug-likeness (QED) is 0.540. The van der Waals surface area contributed by atoms with Crippen LogP contribution in [0.25, 0.3) is 10.8 Å². The molecule has 1 atom stereocenters. The number of piperidine rings is 1. The lowest BCUT2D eigenvalue weighted by molar-refractivity contribution is -0.139. The summed E-state index contributed by atoms with van der Waals surface area (Å²) in [6.45, 7) is 5.25.